The average Bonchev–Trinajstić information content (AvgIpc) is 3.79. The van der Waals surface area contributed by atoms with E-state index in [-0.39, 0.29) is 50.3 Å². The Morgan fingerprint density at radius 3 is 2.35 bits per heavy atom. The zero-order chi connectivity index (χ0) is 43.8. The standard InChI is InChI=1S/C52H60N2O9/c1-4-26-54(51(57)38-20-24-46-47(31-38)59-34-58-46)48-33-44(53-61-6-3)42-30-37(16-10-12-27-55)41(17-11-13-28-56)49-43-32-40(23-25-45(43)63-52(48,50(42)49)60-29-5-2)62-39-21-18-36(19-22-39)35-14-8-7-9-15-35/h5,7-9,14-15,18-25,30-32,37,41,48-50,55-56H,2,4,6,10-13,16-17,26-29,33-34H2,1,3H3/t37-,41+,48-,49+,50+,52+/m0/s1. The highest BCUT2D eigenvalue weighted by Crippen LogP contribution is 2.62. The number of carbonyl (C=O) groups is 1. The molecule has 6 atom stereocenters. The number of amides is 1. The van der Waals surface area contributed by atoms with Crippen LogP contribution < -0.4 is 18.9 Å². The summed E-state index contributed by atoms with van der Waals surface area (Å²) in [5.41, 5.74) is 5.44. The first-order chi connectivity index (χ1) is 30.9. The van der Waals surface area contributed by atoms with Crippen molar-refractivity contribution in [1.29, 1.82) is 0 Å². The van der Waals surface area contributed by atoms with Gasteiger partial charge in [-0.1, -0.05) is 79.5 Å². The zero-order valence-electron chi connectivity index (χ0n) is 36.5. The molecule has 11 nitrogen and oxygen atoms in total. The fourth-order valence-corrected chi connectivity index (χ4v) is 10.2. The van der Waals surface area contributed by atoms with Gasteiger partial charge in [-0.15, -0.1) is 6.58 Å². The van der Waals surface area contributed by atoms with Gasteiger partial charge in [-0.2, -0.15) is 0 Å². The second kappa shape index (κ2) is 20.3. The monoisotopic (exact) mass is 856 g/mol. The van der Waals surface area contributed by atoms with Crippen molar-refractivity contribution in [3.63, 3.8) is 0 Å². The Morgan fingerprint density at radius 2 is 1.60 bits per heavy atom. The maximum atomic E-state index is 15.0. The molecule has 2 heterocycles. The molecule has 0 bridgehead atoms. The molecule has 2 aliphatic carbocycles. The highest BCUT2D eigenvalue weighted by Gasteiger charge is 2.65. The van der Waals surface area contributed by atoms with E-state index in [2.05, 4.69) is 49.9 Å². The Morgan fingerprint density at radius 1 is 0.873 bits per heavy atom. The van der Waals surface area contributed by atoms with Gasteiger partial charge in [0.25, 0.3) is 5.91 Å². The van der Waals surface area contributed by atoms with Crippen LogP contribution in [0.3, 0.4) is 0 Å². The minimum Gasteiger partial charge on any atom is -0.459 e. The summed E-state index contributed by atoms with van der Waals surface area (Å²) in [4.78, 5) is 22.8. The van der Waals surface area contributed by atoms with Gasteiger partial charge in [-0.05, 0) is 116 Å². The van der Waals surface area contributed by atoms with Crippen LogP contribution in [0, 0.1) is 17.8 Å². The molecule has 4 aromatic carbocycles. The van der Waals surface area contributed by atoms with Crippen LogP contribution in [-0.4, -0.2) is 78.3 Å². The summed E-state index contributed by atoms with van der Waals surface area (Å²) in [5, 5.41) is 24.8. The van der Waals surface area contributed by atoms with Crippen molar-refractivity contribution in [3.8, 4) is 39.9 Å². The SMILES string of the molecule is C=CCO[C@@]12Oc3ccc(Oc4ccc(-c5ccccc5)cc4)cc3[C@H]3[C@H](CCCCO)[C@@H](CCCCO)C=C(C(=NOCC)C[C@@H]1N(CCC)C(=O)c1ccc4c(c1)OCO4)[C@H]32. The lowest BCUT2D eigenvalue weighted by atomic mass is 9.55. The molecule has 0 radical (unpaired) electrons. The predicted molar refractivity (Wildman–Crippen MR) is 242 cm³/mol. The molecule has 1 amide bonds. The number of nitrogens with zero attached hydrogens (tertiary/aromatic N) is 2. The number of rotatable bonds is 20. The third kappa shape index (κ3) is 9.10. The summed E-state index contributed by atoms with van der Waals surface area (Å²) in [6.45, 7) is 9.33. The number of oxime groups is 1. The summed E-state index contributed by atoms with van der Waals surface area (Å²) in [6, 6.07) is 29.1. The molecule has 332 valence electrons. The second-order valence-electron chi connectivity index (χ2n) is 16.7. The fraction of sp³-hybridized carbons (Fsp3) is 0.423. The lowest BCUT2D eigenvalue weighted by Gasteiger charge is -2.60. The first-order valence-corrected chi connectivity index (χ1v) is 22.7. The van der Waals surface area contributed by atoms with Crippen LogP contribution in [0.1, 0.15) is 87.1 Å². The van der Waals surface area contributed by atoms with Crippen LogP contribution in [0.25, 0.3) is 11.1 Å². The fourth-order valence-electron chi connectivity index (χ4n) is 10.2. The number of aliphatic hydroxyl groups is 2. The maximum Gasteiger partial charge on any atom is 0.254 e. The Labute approximate surface area is 370 Å². The number of unbranched alkanes of at least 4 members (excludes halogenated alkanes) is 2. The van der Waals surface area contributed by atoms with Crippen LogP contribution in [0.4, 0.5) is 0 Å². The van der Waals surface area contributed by atoms with Crippen molar-refractivity contribution in [2.45, 2.75) is 83.0 Å². The Hall–Kier alpha value is -5.62. The van der Waals surface area contributed by atoms with Gasteiger partial charge in [0.15, 0.2) is 11.5 Å². The van der Waals surface area contributed by atoms with Crippen LogP contribution in [0.15, 0.2) is 120 Å². The third-order valence-electron chi connectivity index (χ3n) is 12.9. The van der Waals surface area contributed by atoms with Gasteiger partial charge < -0.3 is 43.6 Å². The van der Waals surface area contributed by atoms with Crippen molar-refractivity contribution < 1.29 is 43.5 Å². The van der Waals surface area contributed by atoms with E-state index in [1.807, 2.05) is 54.3 Å². The minimum absolute atomic E-state index is 0.0787. The highest BCUT2D eigenvalue weighted by molar-refractivity contribution is 6.03. The van der Waals surface area contributed by atoms with Gasteiger partial charge in [-0.25, -0.2) is 0 Å². The Bertz CT molecular complexity index is 2260. The molecule has 0 aromatic heterocycles. The number of fused-ring (bicyclic) bond motifs is 3. The lowest BCUT2D eigenvalue weighted by molar-refractivity contribution is -0.254. The zero-order valence-corrected chi connectivity index (χ0v) is 36.5. The molecular weight excluding hydrogens is 797 g/mol. The summed E-state index contributed by atoms with van der Waals surface area (Å²) >= 11 is 0. The topological polar surface area (TPSA) is 129 Å². The summed E-state index contributed by atoms with van der Waals surface area (Å²) in [5.74, 6) is 1.19. The van der Waals surface area contributed by atoms with Gasteiger partial charge in [0.05, 0.1) is 18.2 Å². The number of ether oxygens (including phenoxy) is 5. The lowest BCUT2D eigenvalue weighted by Crippen LogP contribution is -2.70. The molecule has 1 fully saturated rings. The number of aliphatic hydroxyl groups excluding tert-OH is 2. The van der Waals surface area contributed by atoms with E-state index in [0.29, 0.717) is 73.1 Å². The highest BCUT2D eigenvalue weighted by atomic mass is 16.7. The van der Waals surface area contributed by atoms with E-state index in [1.54, 1.807) is 24.3 Å². The molecule has 0 saturated heterocycles. The first kappa shape index (κ1) is 44.0. The number of hydrogen-bond acceptors (Lipinski definition) is 10. The smallest absolute Gasteiger partial charge is 0.254 e. The van der Waals surface area contributed by atoms with Gasteiger partial charge in [0, 0.05) is 43.2 Å². The molecule has 8 rings (SSSR count). The number of allylic oxidation sites excluding steroid dienone is 1. The number of hydrogen-bond donors (Lipinski definition) is 2. The first-order valence-electron chi connectivity index (χ1n) is 22.7. The molecular formula is C52H60N2O9. The molecule has 0 unspecified atom stereocenters. The van der Waals surface area contributed by atoms with Crippen LogP contribution in [0.2, 0.25) is 0 Å². The molecule has 4 aromatic rings. The molecule has 63 heavy (non-hydrogen) atoms. The van der Waals surface area contributed by atoms with E-state index < -0.39 is 17.7 Å². The molecule has 2 aliphatic heterocycles. The maximum absolute atomic E-state index is 15.0. The second-order valence-corrected chi connectivity index (χ2v) is 16.7. The van der Waals surface area contributed by atoms with E-state index in [9.17, 15) is 10.2 Å². The summed E-state index contributed by atoms with van der Waals surface area (Å²) in [7, 11) is 0. The molecule has 11 heteroatoms. The van der Waals surface area contributed by atoms with E-state index >= 15 is 4.79 Å². The van der Waals surface area contributed by atoms with Crippen LogP contribution in [0.5, 0.6) is 28.7 Å². The van der Waals surface area contributed by atoms with Crippen molar-refractivity contribution in [3.05, 3.63) is 126 Å². The average molecular weight is 857 g/mol. The quantitative estimate of drug-likeness (QED) is 0.0507. The van der Waals surface area contributed by atoms with Gasteiger partial charge >= 0.3 is 0 Å². The van der Waals surface area contributed by atoms with Crippen molar-refractivity contribution in [2.75, 3.05) is 39.8 Å². The predicted octanol–water partition coefficient (Wildman–Crippen LogP) is 10.1. The largest absolute Gasteiger partial charge is 0.459 e. The normalized spacial score (nSPS) is 23.5. The van der Waals surface area contributed by atoms with E-state index in [0.717, 1.165) is 53.7 Å². The van der Waals surface area contributed by atoms with Crippen molar-refractivity contribution in [2.24, 2.45) is 22.9 Å². The van der Waals surface area contributed by atoms with E-state index in [1.165, 1.54) is 0 Å². The number of carbonyl (C=O) groups excluding carboxylic acids is 1. The summed E-state index contributed by atoms with van der Waals surface area (Å²) < 4.78 is 32.5. The Kier molecular flexibility index (Phi) is 14.2. The molecule has 2 N–H and O–H groups in total. The third-order valence-corrected chi connectivity index (χ3v) is 12.9. The van der Waals surface area contributed by atoms with Gasteiger partial charge in [-0.3, -0.25) is 4.79 Å². The molecule has 4 aliphatic rings. The summed E-state index contributed by atoms with van der Waals surface area (Å²) in [6.07, 6.45) is 9.80. The van der Waals surface area contributed by atoms with E-state index in [4.69, 9.17) is 33.7 Å². The van der Waals surface area contributed by atoms with Crippen LogP contribution in [-0.2, 0) is 9.57 Å². The molecule has 1 saturated carbocycles. The van der Waals surface area contributed by atoms with Crippen molar-refractivity contribution >= 4 is 11.6 Å². The Balaban J connectivity index is 1.28. The van der Waals surface area contributed by atoms with Crippen molar-refractivity contribution in [1.82, 2.24) is 4.90 Å². The minimum atomic E-state index is -1.37. The molecule has 0 spiro atoms. The number of benzene rings is 4. The van der Waals surface area contributed by atoms with Crippen LogP contribution >= 0.6 is 0 Å². The van der Waals surface area contributed by atoms with Gasteiger partial charge in [0.1, 0.15) is 29.9 Å². The van der Waals surface area contributed by atoms with Gasteiger partial charge in [0.2, 0.25) is 12.6 Å².